The number of carbonyl (C=O) groups is 1. The Labute approximate surface area is 117 Å². The van der Waals surface area contributed by atoms with Crippen LogP contribution in [0.1, 0.15) is 29.4 Å². The first kappa shape index (κ1) is 14.2. The summed E-state index contributed by atoms with van der Waals surface area (Å²) in [6, 6.07) is 11.8. The van der Waals surface area contributed by atoms with Crippen molar-refractivity contribution in [1.82, 2.24) is 10.3 Å². The van der Waals surface area contributed by atoms with Gasteiger partial charge in [0.25, 0.3) is 5.91 Å². The van der Waals surface area contributed by atoms with Crippen LogP contribution in [-0.4, -0.2) is 16.9 Å². The Morgan fingerprint density at radius 2 is 2.15 bits per heavy atom. The van der Waals surface area contributed by atoms with Gasteiger partial charge in [0, 0.05) is 12.2 Å². The Hall–Kier alpha value is -2.23. The number of aromatic nitrogens is 1. The molecule has 0 aliphatic heterocycles. The van der Waals surface area contributed by atoms with E-state index >= 15 is 0 Å². The zero-order valence-electron chi connectivity index (χ0n) is 11.3. The standard InChI is InChI=1S/C16H17FN2O/c1-12(8-9-13-5-4-6-14(17)11-13)19-16(20)15-7-2-3-10-18-15/h2-7,10-12H,8-9H2,1H3,(H,19,20). The second-order valence-electron chi connectivity index (χ2n) is 4.76. The molecule has 1 unspecified atom stereocenters. The van der Waals surface area contributed by atoms with Crippen LogP contribution in [0.15, 0.2) is 48.7 Å². The lowest BCUT2D eigenvalue weighted by molar-refractivity contribution is 0.0933. The summed E-state index contributed by atoms with van der Waals surface area (Å²) in [7, 11) is 0. The predicted molar refractivity (Wildman–Crippen MR) is 75.9 cm³/mol. The molecule has 2 rings (SSSR count). The number of halogens is 1. The second-order valence-corrected chi connectivity index (χ2v) is 4.76. The topological polar surface area (TPSA) is 42.0 Å². The molecule has 3 nitrogen and oxygen atoms in total. The number of pyridine rings is 1. The fourth-order valence-corrected chi connectivity index (χ4v) is 1.94. The minimum absolute atomic E-state index is 0.00720. The van der Waals surface area contributed by atoms with Crippen LogP contribution >= 0.6 is 0 Å². The van der Waals surface area contributed by atoms with Gasteiger partial charge in [-0.3, -0.25) is 9.78 Å². The Morgan fingerprint density at radius 1 is 1.30 bits per heavy atom. The first-order valence-electron chi connectivity index (χ1n) is 6.61. The highest BCUT2D eigenvalue weighted by atomic mass is 19.1. The molecule has 1 heterocycles. The molecule has 0 saturated carbocycles. The number of hydrogen-bond donors (Lipinski definition) is 1. The molecule has 2 aromatic rings. The minimum Gasteiger partial charge on any atom is -0.348 e. The number of benzene rings is 1. The Bertz CT molecular complexity index is 572. The summed E-state index contributed by atoms with van der Waals surface area (Å²) < 4.78 is 13.0. The molecule has 4 heteroatoms. The molecule has 1 N–H and O–H groups in total. The van der Waals surface area contributed by atoms with Crippen molar-refractivity contribution in [3.63, 3.8) is 0 Å². The monoisotopic (exact) mass is 272 g/mol. The van der Waals surface area contributed by atoms with Gasteiger partial charge in [0.2, 0.25) is 0 Å². The van der Waals surface area contributed by atoms with E-state index in [1.807, 2.05) is 13.0 Å². The molecule has 0 bridgehead atoms. The van der Waals surface area contributed by atoms with Crippen molar-refractivity contribution >= 4 is 5.91 Å². The number of amides is 1. The van der Waals surface area contributed by atoms with Crippen LogP contribution in [0.3, 0.4) is 0 Å². The number of carbonyl (C=O) groups excluding carboxylic acids is 1. The van der Waals surface area contributed by atoms with Crippen molar-refractivity contribution < 1.29 is 9.18 Å². The molecular formula is C16H17FN2O. The Morgan fingerprint density at radius 3 is 2.85 bits per heavy atom. The lowest BCUT2D eigenvalue weighted by atomic mass is 10.1. The van der Waals surface area contributed by atoms with E-state index in [2.05, 4.69) is 10.3 Å². The molecule has 0 saturated heterocycles. The highest BCUT2D eigenvalue weighted by Crippen LogP contribution is 2.08. The van der Waals surface area contributed by atoms with Crippen molar-refractivity contribution in [2.45, 2.75) is 25.8 Å². The fourth-order valence-electron chi connectivity index (χ4n) is 1.94. The number of nitrogens with zero attached hydrogens (tertiary/aromatic N) is 1. The average molecular weight is 272 g/mol. The normalized spacial score (nSPS) is 11.9. The van der Waals surface area contributed by atoms with Crippen molar-refractivity contribution in [1.29, 1.82) is 0 Å². The molecule has 1 atom stereocenters. The zero-order valence-corrected chi connectivity index (χ0v) is 11.3. The van der Waals surface area contributed by atoms with Crippen LogP contribution in [-0.2, 0) is 6.42 Å². The lowest BCUT2D eigenvalue weighted by Gasteiger charge is -2.13. The third-order valence-corrected chi connectivity index (χ3v) is 3.03. The molecule has 104 valence electrons. The van der Waals surface area contributed by atoms with Gasteiger partial charge in [0.15, 0.2) is 0 Å². The summed E-state index contributed by atoms with van der Waals surface area (Å²) in [6.07, 6.45) is 3.07. The number of rotatable bonds is 5. The van der Waals surface area contributed by atoms with Crippen LogP contribution < -0.4 is 5.32 Å². The SMILES string of the molecule is CC(CCc1cccc(F)c1)NC(=O)c1ccccn1. The zero-order chi connectivity index (χ0) is 14.4. The van der Waals surface area contributed by atoms with Crippen molar-refractivity contribution in [2.75, 3.05) is 0 Å². The van der Waals surface area contributed by atoms with E-state index in [9.17, 15) is 9.18 Å². The Kier molecular flexibility index (Phi) is 4.82. The average Bonchev–Trinajstić information content (AvgIpc) is 2.46. The van der Waals surface area contributed by atoms with E-state index in [-0.39, 0.29) is 17.8 Å². The summed E-state index contributed by atoms with van der Waals surface area (Å²) in [5.74, 6) is -0.412. The summed E-state index contributed by atoms with van der Waals surface area (Å²) >= 11 is 0. The van der Waals surface area contributed by atoms with Gasteiger partial charge in [-0.05, 0) is 49.6 Å². The van der Waals surface area contributed by atoms with E-state index in [0.29, 0.717) is 5.69 Å². The summed E-state index contributed by atoms with van der Waals surface area (Å²) in [5.41, 5.74) is 1.34. The van der Waals surface area contributed by atoms with Gasteiger partial charge in [0.05, 0.1) is 0 Å². The van der Waals surface area contributed by atoms with Crippen LogP contribution in [0.5, 0.6) is 0 Å². The molecule has 1 aromatic carbocycles. The summed E-state index contributed by atoms with van der Waals surface area (Å²) in [4.78, 5) is 15.9. The number of hydrogen-bond acceptors (Lipinski definition) is 2. The molecular weight excluding hydrogens is 255 g/mol. The highest BCUT2D eigenvalue weighted by Gasteiger charge is 2.10. The van der Waals surface area contributed by atoms with E-state index in [1.165, 1.54) is 12.1 Å². The third-order valence-electron chi connectivity index (χ3n) is 3.03. The third kappa shape index (κ3) is 4.16. The number of nitrogens with one attached hydrogen (secondary N) is 1. The van der Waals surface area contributed by atoms with Gasteiger partial charge in [-0.2, -0.15) is 0 Å². The van der Waals surface area contributed by atoms with Gasteiger partial charge in [-0.1, -0.05) is 18.2 Å². The van der Waals surface area contributed by atoms with Crippen molar-refractivity contribution in [2.24, 2.45) is 0 Å². The maximum Gasteiger partial charge on any atom is 0.270 e. The molecule has 0 spiro atoms. The van der Waals surface area contributed by atoms with Gasteiger partial charge >= 0.3 is 0 Å². The van der Waals surface area contributed by atoms with Crippen molar-refractivity contribution in [3.8, 4) is 0 Å². The van der Waals surface area contributed by atoms with Crippen LogP contribution in [0.4, 0.5) is 4.39 Å². The molecule has 20 heavy (non-hydrogen) atoms. The maximum absolute atomic E-state index is 13.0. The minimum atomic E-state index is -0.229. The molecule has 0 radical (unpaired) electrons. The van der Waals surface area contributed by atoms with Crippen LogP contribution in [0, 0.1) is 5.82 Å². The Balaban J connectivity index is 1.84. The van der Waals surface area contributed by atoms with E-state index in [4.69, 9.17) is 0 Å². The van der Waals surface area contributed by atoms with Crippen molar-refractivity contribution in [3.05, 3.63) is 65.7 Å². The van der Waals surface area contributed by atoms with Gasteiger partial charge in [0.1, 0.15) is 11.5 Å². The van der Waals surface area contributed by atoms with E-state index < -0.39 is 0 Å². The fraction of sp³-hybridized carbons (Fsp3) is 0.250. The largest absolute Gasteiger partial charge is 0.348 e. The first-order valence-corrected chi connectivity index (χ1v) is 6.61. The predicted octanol–water partition coefficient (Wildman–Crippen LogP) is 2.97. The van der Waals surface area contributed by atoms with E-state index in [0.717, 1.165) is 18.4 Å². The molecule has 1 aromatic heterocycles. The molecule has 0 aliphatic carbocycles. The number of aryl methyl sites for hydroxylation is 1. The van der Waals surface area contributed by atoms with E-state index in [1.54, 1.807) is 30.5 Å². The second kappa shape index (κ2) is 6.80. The smallest absolute Gasteiger partial charge is 0.270 e. The quantitative estimate of drug-likeness (QED) is 0.909. The maximum atomic E-state index is 13.0. The molecule has 0 fully saturated rings. The first-order chi connectivity index (χ1) is 9.65. The lowest BCUT2D eigenvalue weighted by Crippen LogP contribution is -2.33. The summed E-state index contributed by atoms with van der Waals surface area (Å²) in [5, 5.41) is 2.89. The van der Waals surface area contributed by atoms with Crippen LogP contribution in [0.25, 0.3) is 0 Å². The summed E-state index contributed by atoms with van der Waals surface area (Å²) in [6.45, 7) is 1.93. The molecule has 1 amide bonds. The molecule has 0 aliphatic rings. The van der Waals surface area contributed by atoms with Crippen LogP contribution in [0.2, 0.25) is 0 Å². The van der Waals surface area contributed by atoms with Gasteiger partial charge < -0.3 is 5.32 Å². The van der Waals surface area contributed by atoms with Gasteiger partial charge in [-0.25, -0.2) is 4.39 Å². The van der Waals surface area contributed by atoms with Gasteiger partial charge in [-0.15, -0.1) is 0 Å². The highest BCUT2D eigenvalue weighted by molar-refractivity contribution is 5.92.